The number of piperidine rings is 1. The van der Waals surface area contributed by atoms with E-state index < -0.39 is 40.6 Å². The highest BCUT2D eigenvalue weighted by molar-refractivity contribution is 6.06. The number of anilines is 3. The number of carbonyl (C=O) groups is 1. The molecule has 186 valence electrons. The highest BCUT2D eigenvalue weighted by atomic mass is 19.4. The second kappa shape index (κ2) is 9.34. The molecule has 0 bridgehead atoms. The maximum absolute atomic E-state index is 13.5. The molecule has 0 atom stereocenters. The summed E-state index contributed by atoms with van der Waals surface area (Å²) in [6.45, 7) is 3.27. The van der Waals surface area contributed by atoms with Crippen molar-refractivity contribution in [1.29, 1.82) is 5.26 Å². The van der Waals surface area contributed by atoms with E-state index in [4.69, 9.17) is 16.7 Å². The van der Waals surface area contributed by atoms with Crippen molar-refractivity contribution < 1.29 is 18.0 Å². The Morgan fingerprint density at radius 2 is 1.92 bits per heavy atom. The summed E-state index contributed by atoms with van der Waals surface area (Å²) in [4.78, 5) is 34.2. The number of amides is 1. The number of nitrogens with two attached hydrogens (primary N) is 2. The molecular formula is C22H21F3N10O. The van der Waals surface area contributed by atoms with E-state index in [2.05, 4.69) is 30.2 Å². The zero-order chi connectivity index (χ0) is 26.1. The van der Waals surface area contributed by atoms with Gasteiger partial charge in [-0.05, 0) is 31.9 Å². The van der Waals surface area contributed by atoms with E-state index >= 15 is 0 Å². The first kappa shape index (κ1) is 24.7. The molecule has 0 unspecified atom stereocenters. The van der Waals surface area contributed by atoms with Crippen LogP contribution >= 0.6 is 0 Å². The van der Waals surface area contributed by atoms with Gasteiger partial charge in [0.05, 0.1) is 11.9 Å². The number of nitrogen functional groups attached to an aromatic ring is 1. The van der Waals surface area contributed by atoms with Crippen LogP contribution in [-0.2, 0) is 6.18 Å². The molecule has 4 rings (SSSR count). The van der Waals surface area contributed by atoms with Crippen molar-refractivity contribution in [3.8, 4) is 17.5 Å². The number of carbonyl (C=O) groups excluding carboxylic acids is 1. The predicted molar refractivity (Wildman–Crippen MR) is 123 cm³/mol. The molecule has 0 spiro atoms. The number of aromatic nitrogens is 5. The van der Waals surface area contributed by atoms with Crippen molar-refractivity contribution in [2.24, 2.45) is 5.73 Å². The zero-order valence-corrected chi connectivity index (χ0v) is 19.0. The molecule has 0 saturated carbocycles. The Hall–Kier alpha value is -4.38. The van der Waals surface area contributed by atoms with Crippen LogP contribution in [0.4, 0.5) is 30.5 Å². The summed E-state index contributed by atoms with van der Waals surface area (Å²) in [7, 11) is 0. The number of hydrogen-bond acceptors (Lipinski definition) is 10. The number of nitrogens with one attached hydrogen (secondary N) is 1. The minimum Gasteiger partial charge on any atom is -0.382 e. The SMILES string of the molecule is CC1(N)CCN(c2cccnc2NC(=O)c2nc(-c3nc(C#N)ncc3C(F)(F)F)cnc2N)CC1. The lowest BCUT2D eigenvalue weighted by molar-refractivity contribution is -0.137. The molecule has 1 fully saturated rings. The molecular weight excluding hydrogens is 477 g/mol. The third-order valence-corrected chi connectivity index (χ3v) is 5.72. The number of hydrogen-bond donors (Lipinski definition) is 3. The van der Waals surface area contributed by atoms with Crippen LogP contribution in [0.25, 0.3) is 11.4 Å². The van der Waals surface area contributed by atoms with Gasteiger partial charge < -0.3 is 21.7 Å². The van der Waals surface area contributed by atoms with Crippen molar-refractivity contribution in [2.45, 2.75) is 31.5 Å². The average Bonchev–Trinajstić information content (AvgIpc) is 2.84. The Morgan fingerprint density at radius 1 is 1.19 bits per heavy atom. The summed E-state index contributed by atoms with van der Waals surface area (Å²) in [5, 5.41) is 11.6. The minimum atomic E-state index is -4.84. The predicted octanol–water partition coefficient (Wildman–Crippen LogP) is 2.37. The quantitative estimate of drug-likeness (QED) is 0.485. The number of halogens is 3. The maximum atomic E-state index is 13.5. The molecule has 14 heteroatoms. The van der Waals surface area contributed by atoms with Crippen LogP contribution in [0.2, 0.25) is 0 Å². The summed E-state index contributed by atoms with van der Waals surface area (Å²) in [5.41, 5.74) is 9.63. The lowest BCUT2D eigenvalue weighted by Crippen LogP contribution is -2.48. The van der Waals surface area contributed by atoms with Crippen molar-refractivity contribution in [2.75, 3.05) is 29.0 Å². The van der Waals surface area contributed by atoms with Crippen LogP contribution in [0.1, 0.15) is 41.6 Å². The maximum Gasteiger partial charge on any atom is 0.420 e. The summed E-state index contributed by atoms with van der Waals surface area (Å²) in [6, 6.07) is 5.08. The van der Waals surface area contributed by atoms with Gasteiger partial charge in [-0.25, -0.2) is 24.9 Å². The molecule has 4 heterocycles. The van der Waals surface area contributed by atoms with Crippen LogP contribution in [0.5, 0.6) is 0 Å². The molecule has 0 aromatic carbocycles. The van der Waals surface area contributed by atoms with Gasteiger partial charge in [-0.15, -0.1) is 0 Å². The third kappa shape index (κ3) is 5.15. The number of alkyl halides is 3. The summed E-state index contributed by atoms with van der Waals surface area (Å²) in [6.07, 6.45) is -0.465. The fourth-order valence-corrected chi connectivity index (χ4v) is 3.69. The van der Waals surface area contributed by atoms with E-state index in [0.29, 0.717) is 25.0 Å². The van der Waals surface area contributed by atoms with E-state index in [1.807, 2.05) is 11.8 Å². The highest BCUT2D eigenvalue weighted by Gasteiger charge is 2.36. The second-order valence-corrected chi connectivity index (χ2v) is 8.52. The van der Waals surface area contributed by atoms with Gasteiger partial charge in [-0.2, -0.15) is 18.4 Å². The Bertz CT molecular complexity index is 1340. The molecule has 36 heavy (non-hydrogen) atoms. The molecule has 5 N–H and O–H groups in total. The second-order valence-electron chi connectivity index (χ2n) is 8.52. The number of pyridine rings is 1. The van der Waals surface area contributed by atoms with E-state index in [-0.39, 0.29) is 17.2 Å². The molecule has 0 aliphatic carbocycles. The van der Waals surface area contributed by atoms with Gasteiger partial charge in [-0.1, -0.05) is 0 Å². The fraction of sp³-hybridized carbons (Fsp3) is 0.318. The first-order chi connectivity index (χ1) is 17.0. The lowest BCUT2D eigenvalue weighted by Gasteiger charge is -2.38. The van der Waals surface area contributed by atoms with Crippen LogP contribution in [0.3, 0.4) is 0 Å². The van der Waals surface area contributed by atoms with Gasteiger partial charge in [0, 0.05) is 31.0 Å². The van der Waals surface area contributed by atoms with Crippen LogP contribution in [0, 0.1) is 11.3 Å². The third-order valence-electron chi connectivity index (χ3n) is 5.72. The first-order valence-electron chi connectivity index (χ1n) is 10.8. The molecule has 11 nitrogen and oxygen atoms in total. The highest BCUT2D eigenvalue weighted by Crippen LogP contribution is 2.35. The number of rotatable bonds is 4. The molecule has 1 amide bonds. The van der Waals surface area contributed by atoms with Crippen molar-refractivity contribution in [3.63, 3.8) is 0 Å². The van der Waals surface area contributed by atoms with Gasteiger partial charge in [0.2, 0.25) is 5.82 Å². The topological polar surface area (TPSA) is 173 Å². The summed E-state index contributed by atoms with van der Waals surface area (Å²) < 4.78 is 40.6. The van der Waals surface area contributed by atoms with Gasteiger partial charge >= 0.3 is 6.18 Å². The van der Waals surface area contributed by atoms with Crippen LogP contribution < -0.4 is 21.7 Å². The summed E-state index contributed by atoms with van der Waals surface area (Å²) in [5.74, 6) is -1.42. The Kier molecular flexibility index (Phi) is 6.42. The minimum absolute atomic E-state index is 0.222. The Labute approximate surface area is 203 Å². The molecule has 0 radical (unpaired) electrons. The van der Waals surface area contributed by atoms with Gasteiger partial charge in [0.25, 0.3) is 5.91 Å². The van der Waals surface area contributed by atoms with Crippen molar-refractivity contribution >= 4 is 23.2 Å². The largest absolute Gasteiger partial charge is 0.420 e. The Balaban J connectivity index is 1.67. The van der Waals surface area contributed by atoms with E-state index in [1.165, 1.54) is 6.20 Å². The molecule has 1 aliphatic rings. The van der Waals surface area contributed by atoms with E-state index in [9.17, 15) is 18.0 Å². The smallest absolute Gasteiger partial charge is 0.382 e. The molecule has 3 aromatic rings. The fourth-order valence-electron chi connectivity index (χ4n) is 3.69. The zero-order valence-electron chi connectivity index (χ0n) is 19.0. The standard InChI is InChI=1S/C22H21F3N10O/c1-21(28)4-7-35(8-5-21)14-3-2-6-29-19(14)34-20(36)17-18(27)31-11-13(32-17)16-12(22(23,24)25)10-30-15(9-26)33-16/h2-3,6,10-11H,4-5,7-8,28H2,1H3,(H2,27,31)(H,29,34,36). The van der Waals surface area contributed by atoms with Crippen molar-refractivity contribution in [1.82, 2.24) is 24.9 Å². The van der Waals surface area contributed by atoms with Gasteiger partial charge in [-0.3, -0.25) is 4.79 Å². The number of nitrogens with zero attached hydrogens (tertiary/aromatic N) is 7. The molecule has 3 aromatic heterocycles. The molecule has 1 saturated heterocycles. The Morgan fingerprint density at radius 3 is 2.58 bits per heavy atom. The van der Waals surface area contributed by atoms with Crippen LogP contribution in [-0.4, -0.2) is 49.5 Å². The monoisotopic (exact) mass is 498 g/mol. The van der Waals surface area contributed by atoms with Gasteiger partial charge in [0.15, 0.2) is 17.3 Å². The summed E-state index contributed by atoms with van der Waals surface area (Å²) >= 11 is 0. The normalized spacial score (nSPS) is 15.3. The average molecular weight is 498 g/mol. The van der Waals surface area contributed by atoms with Crippen LogP contribution in [0.15, 0.2) is 30.7 Å². The van der Waals surface area contributed by atoms with E-state index in [1.54, 1.807) is 18.2 Å². The van der Waals surface area contributed by atoms with E-state index in [0.717, 1.165) is 19.0 Å². The molecule has 1 aliphatic heterocycles. The van der Waals surface area contributed by atoms with Gasteiger partial charge in [0.1, 0.15) is 23.0 Å². The lowest BCUT2D eigenvalue weighted by atomic mass is 9.91. The van der Waals surface area contributed by atoms with Crippen molar-refractivity contribution in [3.05, 3.63) is 47.8 Å². The first-order valence-corrected chi connectivity index (χ1v) is 10.8. The number of nitriles is 1.